The van der Waals surface area contributed by atoms with E-state index in [1.165, 1.54) is 0 Å². The van der Waals surface area contributed by atoms with E-state index in [-0.39, 0.29) is 17.7 Å². The topological polar surface area (TPSA) is 58.2 Å². The van der Waals surface area contributed by atoms with Crippen LogP contribution in [-0.2, 0) is 9.59 Å². The zero-order valence-electron chi connectivity index (χ0n) is 10.5. The number of hydrogen-bond donors (Lipinski definition) is 2. The van der Waals surface area contributed by atoms with Crippen molar-refractivity contribution in [2.45, 2.75) is 25.3 Å². The van der Waals surface area contributed by atoms with Crippen LogP contribution in [0.3, 0.4) is 0 Å². The number of nitrogens with one attached hydrogen (secondary N) is 2. The molecule has 2 N–H and O–H groups in total. The fraction of sp³-hybridized carbons (Fsp3) is 0.429. The molecule has 1 aromatic carbocycles. The second kappa shape index (κ2) is 5.67. The minimum atomic E-state index is -0.593. The van der Waals surface area contributed by atoms with Crippen LogP contribution in [0.25, 0.3) is 0 Å². The van der Waals surface area contributed by atoms with Crippen molar-refractivity contribution in [3.63, 3.8) is 0 Å². The van der Waals surface area contributed by atoms with Gasteiger partial charge in [0.2, 0.25) is 11.8 Å². The summed E-state index contributed by atoms with van der Waals surface area (Å²) in [4.78, 5) is 23.8. The van der Waals surface area contributed by atoms with Gasteiger partial charge < -0.3 is 10.6 Å². The third-order valence-corrected chi connectivity index (χ3v) is 3.40. The number of likely N-dealkylation sites (N-methyl/N-ethyl adjacent to an activating group) is 1. The number of rotatable bonds is 4. The molecular formula is C14H18N2O2. The summed E-state index contributed by atoms with van der Waals surface area (Å²) in [5, 5.41) is 5.43. The van der Waals surface area contributed by atoms with Gasteiger partial charge in [0.05, 0.1) is 0 Å². The summed E-state index contributed by atoms with van der Waals surface area (Å²) >= 11 is 0. The maximum Gasteiger partial charge on any atom is 0.246 e. The average Bonchev–Trinajstić information content (AvgIpc) is 2.34. The molecule has 0 saturated heterocycles. The largest absolute Gasteiger partial charge is 0.357 e. The highest BCUT2D eigenvalue weighted by molar-refractivity contribution is 5.89. The predicted molar refractivity (Wildman–Crippen MR) is 68.7 cm³/mol. The zero-order valence-corrected chi connectivity index (χ0v) is 10.5. The number of amides is 2. The van der Waals surface area contributed by atoms with Crippen molar-refractivity contribution < 1.29 is 9.59 Å². The van der Waals surface area contributed by atoms with Crippen LogP contribution >= 0.6 is 0 Å². The Labute approximate surface area is 107 Å². The molecule has 4 nitrogen and oxygen atoms in total. The lowest BCUT2D eigenvalue weighted by molar-refractivity contribution is -0.132. The summed E-state index contributed by atoms with van der Waals surface area (Å²) in [6, 6.07) is 8.71. The number of benzene rings is 1. The van der Waals surface area contributed by atoms with Gasteiger partial charge in [0.15, 0.2) is 0 Å². The Bertz CT molecular complexity index is 427. The van der Waals surface area contributed by atoms with Gasteiger partial charge in [-0.25, -0.2) is 0 Å². The van der Waals surface area contributed by atoms with E-state index in [0.717, 1.165) is 24.8 Å². The Morgan fingerprint density at radius 3 is 2.39 bits per heavy atom. The third-order valence-electron chi connectivity index (χ3n) is 3.40. The SMILES string of the molecule is CNC(=O)C(NC(=O)C1CCC1)c1ccccc1. The summed E-state index contributed by atoms with van der Waals surface area (Å²) in [7, 11) is 1.58. The number of carbonyl (C=O) groups is 2. The first-order valence-electron chi connectivity index (χ1n) is 6.29. The minimum Gasteiger partial charge on any atom is -0.357 e. The lowest BCUT2D eigenvalue weighted by atomic mass is 9.84. The summed E-state index contributed by atoms with van der Waals surface area (Å²) in [5.74, 6) is -0.117. The fourth-order valence-electron chi connectivity index (χ4n) is 2.02. The number of hydrogen-bond acceptors (Lipinski definition) is 2. The Morgan fingerprint density at radius 1 is 1.22 bits per heavy atom. The van der Waals surface area contributed by atoms with Gasteiger partial charge in [0.25, 0.3) is 0 Å². The van der Waals surface area contributed by atoms with E-state index < -0.39 is 6.04 Å². The maximum atomic E-state index is 11.9. The van der Waals surface area contributed by atoms with Crippen molar-refractivity contribution >= 4 is 11.8 Å². The van der Waals surface area contributed by atoms with Gasteiger partial charge in [-0.05, 0) is 18.4 Å². The van der Waals surface area contributed by atoms with Gasteiger partial charge in [-0.3, -0.25) is 9.59 Å². The highest BCUT2D eigenvalue weighted by atomic mass is 16.2. The van der Waals surface area contributed by atoms with Gasteiger partial charge in [0, 0.05) is 13.0 Å². The number of carbonyl (C=O) groups excluding carboxylic acids is 2. The molecule has 0 bridgehead atoms. The molecule has 1 fully saturated rings. The Morgan fingerprint density at radius 2 is 1.89 bits per heavy atom. The molecule has 1 aromatic rings. The first-order chi connectivity index (χ1) is 8.72. The molecule has 2 amide bonds. The van der Waals surface area contributed by atoms with Crippen molar-refractivity contribution in [2.75, 3.05) is 7.05 Å². The van der Waals surface area contributed by atoms with Crippen LogP contribution in [-0.4, -0.2) is 18.9 Å². The summed E-state index contributed by atoms with van der Waals surface area (Å²) in [6.45, 7) is 0. The van der Waals surface area contributed by atoms with Crippen molar-refractivity contribution in [3.05, 3.63) is 35.9 Å². The lowest BCUT2D eigenvalue weighted by Crippen LogP contribution is -2.43. The van der Waals surface area contributed by atoms with Gasteiger partial charge in [-0.1, -0.05) is 36.8 Å². The van der Waals surface area contributed by atoms with Gasteiger partial charge in [0.1, 0.15) is 6.04 Å². The maximum absolute atomic E-state index is 11.9. The average molecular weight is 246 g/mol. The summed E-state index contributed by atoms with van der Waals surface area (Å²) < 4.78 is 0. The van der Waals surface area contributed by atoms with E-state index in [4.69, 9.17) is 0 Å². The lowest BCUT2D eigenvalue weighted by Gasteiger charge is -2.27. The summed E-state index contributed by atoms with van der Waals surface area (Å²) in [6.07, 6.45) is 2.97. The molecule has 1 saturated carbocycles. The Balaban J connectivity index is 2.10. The van der Waals surface area contributed by atoms with Crippen molar-refractivity contribution in [1.29, 1.82) is 0 Å². The first-order valence-corrected chi connectivity index (χ1v) is 6.29. The van der Waals surface area contributed by atoms with Crippen LogP contribution in [0.1, 0.15) is 30.9 Å². The second-order valence-corrected chi connectivity index (χ2v) is 4.59. The van der Waals surface area contributed by atoms with E-state index >= 15 is 0 Å². The highest BCUT2D eigenvalue weighted by Crippen LogP contribution is 2.27. The van der Waals surface area contributed by atoms with E-state index in [2.05, 4.69) is 10.6 Å². The Kier molecular flexibility index (Phi) is 3.97. The molecule has 0 spiro atoms. The Hall–Kier alpha value is -1.84. The molecule has 18 heavy (non-hydrogen) atoms. The van der Waals surface area contributed by atoms with E-state index in [9.17, 15) is 9.59 Å². The molecule has 0 radical (unpaired) electrons. The normalized spacial score (nSPS) is 16.5. The molecule has 1 aliphatic rings. The smallest absolute Gasteiger partial charge is 0.246 e. The minimum absolute atomic E-state index is 0.0151. The van der Waals surface area contributed by atoms with Crippen LogP contribution in [0.2, 0.25) is 0 Å². The molecule has 0 heterocycles. The predicted octanol–water partition coefficient (Wildman–Crippen LogP) is 1.39. The second-order valence-electron chi connectivity index (χ2n) is 4.59. The first kappa shape index (κ1) is 12.6. The van der Waals surface area contributed by atoms with E-state index in [0.29, 0.717) is 0 Å². The van der Waals surface area contributed by atoms with Crippen LogP contribution in [0.15, 0.2) is 30.3 Å². The van der Waals surface area contributed by atoms with E-state index in [1.54, 1.807) is 7.05 Å². The van der Waals surface area contributed by atoms with Crippen molar-refractivity contribution in [3.8, 4) is 0 Å². The standard InChI is InChI=1S/C14H18N2O2/c1-15-14(18)12(10-6-3-2-4-7-10)16-13(17)11-8-5-9-11/h2-4,6-7,11-12H,5,8-9H2,1H3,(H,15,18)(H,16,17). The van der Waals surface area contributed by atoms with Gasteiger partial charge >= 0.3 is 0 Å². The molecule has 0 aliphatic heterocycles. The molecule has 1 aliphatic carbocycles. The van der Waals surface area contributed by atoms with Crippen molar-refractivity contribution in [2.24, 2.45) is 5.92 Å². The van der Waals surface area contributed by atoms with Crippen LogP contribution < -0.4 is 10.6 Å². The molecule has 4 heteroatoms. The molecular weight excluding hydrogens is 228 g/mol. The van der Waals surface area contributed by atoms with Crippen molar-refractivity contribution in [1.82, 2.24) is 10.6 Å². The van der Waals surface area contributed by atoms with Crippen LogP contribution in [0, 0.1) is 5.92 Å². The molecule has 1 atom stereocenters. The molecule has 2 rings (SSSR count). The van der Waals surface area contributed by atoms with E-state index in [1.807, 2.05) is 30.3 Å². The quantitative estimate of drug-likeness (QED) is 0.843. The monoisotopic (exact) mass is 246 g/mol. The summed E-state index contributed by atoms with van der Waals surface area (Å²) in [5.41, 5.74) is 0.810. The highest BCUT2D eigenvalue weighted by Gasteiger charge is 2.29. The zero-order chi connectivity index (χ0) is 13.0. The van der Waals surface area contributed by atoms with Gasteiger partial charge in [-0.15, -0.1) is 0 Å². The molecule has 0 aromatic heterocycles. The fourth-order valence-corrected chi connectivity index (χ4v) is 2.02. The van der Waals surface area contributed by atoms with Crippen LogP contribution in [0.4, 0.5) is 0 Å². The molecule has 96 valence electrons. The van der Waals surface area contributed by atoms with Crippen LogP contribution in [0.5, 0.6) is 0 Å². The molecule has 1 unspecified atom stereocenters. The van der Waals surface area contributed by atoms with Gasteiger partial charge in [-0.2, -0.15) is 0 Å². The third kappa shape index (κ3) is 2.70.